The number of piperazine rings is 1. The molecular weight excluding hydrogens is 306 g/mol. The molecule has 0 spiro atoms. The molecule has 1 fully saturated rings. The predicted molar refractivity (Wildman–Crippen MR) is 92.5 cm³/mol. The number of likely N-dealkylation sites (N-methyl/N-ethyl adjacent to an activating group) is 1. The third kappa shape index (κ3) is 4.71. The minimum Gasteiger partial charge on any atom is -0.450 e. The van der Waals surface area contributed by atoms with E-state index in [4.69, 9.17) is 4.74 Å². The molecule has 2 rings (SSSR count). The molecule has 0 aromatic heterocycles. The smallest absolute Gasteiger partial charge is 0.409 e. The Morgan fingerprint density at radius 1 is 1.17 bits per heavy atom. The summed E-state index contributed by atoms with van der Waals surface area (Å²) in [7, 11) is 1.83. The van der Waals surface area contributed by atoms with Crippen LogP contribution in [-0.2, 0) is 16.1 Å². The summed E-state index contributed by atoms with van der Waals surface area (Å²) in [6, 6.07) is 9.77. The molecule has 0 N–H and O–H groups in total. The van der Waals surface area contributed by atoms with Crippen molar-refractivity contribution in [1.82, 2.24) is 14.7 Å². The highest BCUT2D eigenvalue weighted by Gasteiger charge is 2.29. The summed E-state index contributed by atoms with van der Waals surface area (Å²) in [6.07, 6.45) is -0.266. The predicted octanol–water partition coefficient (Wildman–Crippen LogP) is 1.81. The highest BCUT2D eigenvalue weighted by atomic mass is 16.6. The Kier molecular flexibility index (Phi) is 6.61. The van der Waals surface area contributed by atoms with Crippen molar-refractivity contribution < 1.29 is 14.3 Å². The zero-order valence-corrected chi connectivity index (χ0v) is 14.8. The molecule has 2 amide bonds. The number of benzene rings is 1. The molecule has 132 valence electrons. The molecule has 1 heterocycles. The summed E-state index contributed by atoms with van der Waals surface area (Å²) >= 11 is 0. The lowest BCUT2D eigenvalue weighted by atomic mass is 10.1. The van der Waals surface area contributed by atoms with Gasteiger partial charge in [-0.25, -0.2) is 4.79 Å². The van der Waals surface area contributed by atoms with Crippen LogP contribution in [0, 0.1) is 0 Å². The number of carbonyl (C=O) groups is 2. The van der Waals surface area contributed by atoms with Crippen molar-refractivity contribution in [3.05, 3.63) is 35.9 Å². The average Bonchev–Trinajstić information content (AvgIpc) is 2.61. The first-order valence-electron chi connectivity index (χ1n) is 8.47. The molecule has 1 aromatic rings. The molecule has 1 aromatic carbocycles. The van der Waals surface area contributed by atoms with Gasteiger partial charge in [0, 0.05) is 39.8 Å². The van der Waals surface area contributed by atoms with Crippen LogP contribution in [0.25, 0.3) is 0 Å². The first-order valence-corrected chi connectivity index (χ1v) is 8.47. The van der Waals surface area contributed by atoms with Gasteiger partial charge in [0.2, 0.25) is 5.91 Å². The molecule has 1 atom stereocenters. The van der Waals surface area contributed by atoms with Crippen molar-refractivity contribution in [1.29, 1.82) is 0 Å². The van der Waals surface area contributed by atoms with Crippen molar-refractivity contribution in [2.24, 2.45) is 0 Å². The van der Waals surface area contributed by atoms with E-state index in [-0.39, 0.29) is 18.0 Å². The summed E-state index contributed by atoms with van der Waals surface area (Å²) in [5, 5.41) is 0. The molecule has 6 nitrogen and oxygen atoms in total. The van der Waals surface area contributed by atoms with Gasteiger partial charge in [0.15, 0.2) is 0 Å². The molecule has 0 bridgehead atoms. The van der Waals surface area contributed by atoms with Crippen LogP contribution in [0.3, 0.4) is 0 Å². The average molecular weight is 333 g/mol. The second-order valence-corrected chi connectivity index (χ2v) is 6.08. The number of nitrogens with zero attached hydrogens (tertiary/aromatic N) is 3. The van der Waals surface area contributed by atoms with Gasteiger partial charge in [-0.15, -0.1) is 0 Å². The van der Waals surface area contributed by atoms with Gasteiger partial charge in [-0.05, 0) is 19.4 Å². The fourth-order valence-corrected chi connectivity index (χ4v) is 2.92. The maximum absolute atomic E-state index is 12.6. The number of carbonyl (C=O) groups excluding carboxylic acids is 2. The van der Waals surface area contributed by atoms with E-state index in [1.54, 1.807) is 16.7 Å². The first kappa shape index (κ1) is 18.3. The van der Waals surface area contributed by atoms with Gasteiger partial charge in [-0.2, -0.15) is 0 Å². The summed E-state index contributed by atoms with van der Waals surface area (Å²) in [5.41, 5.74) is 1.12. The molecular formula is C18H27N3O3. The van der Waals surface area contributed by atoms with Crippen LogP contribution in [0.4, 0.5) is 4.79 Å². The number of rotatable bonds is 5. The van der Waals surface area contributed by atoms with E-state index in [1.165, 1.54) is 0 Å². The Morgan fingerprint density at radius 2 is 1.79 bits per heavy atom. The Morgan fingerprint density at radius 3 is 2.38 bits per heavy atom. The minimum absolute atomic E-state index is 0.100. The van der Waals surface area contributed by atoms with Crippen molar-refractivity contribution in [2.75, 3.05) is 39.8 Å². The normalized spacial score (nSPS) is 16.5. The monoisotopic (exact) mass is 333 g/mol. The Labute approximate surface area is 144 Å². The lowest BCUT2D eigenvalue weighted by Gasteiger charge is -2.38. The van der Waals surface area contributed by atoms with E-state index < -0.39 is 0 Å². The van der Waals surface area contributed by atoms with Gasteiger partial charge in [-0.1, -0.05) is 30.3 Å². The Bertz CT molecular complexity index is 542. The van der Waals surface area contributed by atoms with Crippen molar-refractivity contribution in [2.45, 2.75) is 26.4 Å². The minimum atomic E-state index is -0.266. The molecule has 1 aliphatic rings. The zero-order chi connectivity index (χ0) is 17.5. The van der Waals surface area contributed by atoms with Gasteiger partial charge in [-0.3, -0.25) is 9.69 Å². The van der Waals surface area contributed by atoms with E-state index in [1.807, 2.05) is 44.3 Å². The van der Waals surface area contributed by atoms with Crippen LogP contribution in [-0.4, -0.2) is 72.6 Å². The maximum atomic E-state index is 12.6. The van der Waals surface area contributed by atoms with E-state index in [0.29, 0.717) is 39.3 Å². The Balaban J connectivity index is 1.84. The third-order valence-corrected chi connectivity index (χ3v) is 4.38. The van der Waals surface area contributed by atoms with Gasteiger partial charge in [0.05, 0.1) is 12.6 Å². The molecule has 1 saturated heterocycles. The Hall–Kier alpha value is -2.08. The standard InChI is InChI=1S/C18H27N3O3/c1-4-24-18(23)21-12-10-20(11-13-21)15(2)17(22)19(3)14-16-8-6-5-7-9-16/h5-9,15H,4,10-14H2,1-3H3. The van der Waals surface area contributed by atoms with E-state index in [0.717, 1.165) is 5.56 Å². The third-order valence-electron chi connectivity index (χ3n) is 4.38. The van der Waals surface area contributed by atoms with E-state index in [2.05, 4.69) is 4.90 Å². The van der Waals surface area contributed by atoms with Crippen molar-refractivity contribution >= 4 is 12.0 Å². The zero-order valence-electron chi connectivity index (χ0n) is 14.8. The molecule has 1 aliphatic heterocycles. The van der Waals surface area contributed by atoms with Gasteiger partial charge >= 0.3 is 6.09 Å². The highest BCUT2D eigenvalue weighted by molar-refractivity contribution is 5.81. The first-order chi connectivity index (χ1) is 11.5. The maximum Gasteiger partial charge on any atom is 0.409 e. The van der Waals surface area contributed by atoms with Gasteiger partial charge in [0.1, 0.15) is 0 Å². The van der Waals surface area contributed by atoms with Crippen LogP contribution in [0.15, 0.2) is 30.3 Å². The summed E-state index contributed by atoms with van der Waals surface area (Å²) in [4.78, 5) is 30.0. The fraction of sp³-hybridized carbons (Fsp3) is 0.556. The fourth-order valence-electron chi connectivity index (χ4n) is 2.92. The lowest BCUT2D eigenvalue weighted by Crippen LogP contribution is -2.55. The van der Waals surface area contributed by atoms with E-state index in [9.17, 15) is 9.59 Å². The molecule has 0 radical (unpaired) electrons. The highest BCUT2D eigenvalue weighted by Crippen LogP contribution is 2.11. The summed E-state index contributed by atoms with van der Waals surface area (Å²) < 4.78 is 5.02. The molecule has 1 unspecified atom stereocenters. The number of hydrogen-bond acceptors (Lipinski definition) is 4. The second kappa shape index (κ2) is 8.68. The van der Waals surface area contributed by atoms with Crippen LogP contribution in [0.5, 0.6) is 0 Å². The van der Waals surface area contributed by atoms with Crippen molar-refractivity contribution in [3.63, 3.8) is 0 Å². The van der Waals surface area contributed by atoms with Crippen LogP contribution < -0.4 is 0 Å². The molecule has 0 aliphatic carbocycles. The molecule has 6 heteroatoms. The topological polar surface area (TPSA) is 53.1 Å². The second-order valence-electron chi connectivity index (χ2n) is 6.08. The number of ether oxygens (including phenoxy) is 1. The summed E-state index contributed by atoms with van der Waals surface area (Å²) in [6.45, 7) is 7.29. The van der Waals surface area contributed by atoms with Gasteiger partial charge in [0.25, 0.3) is 0 Å². The van der Waals surface area contributed by atoms with Crippen molar-refractivity contribution in [3.8, 4) is 0 Å². The largest absolute Gasteiger partial charge is 0.450 e. The van der Waals surface area contributed by atoms with Gasteiger partial charge < -0.3 is 14.5 Å². The van der Waals surface area contributed by atoms with Crippen LogP contribution >= 0.6 is 0 Å². The SMILES string of the molecule is CCOC(=O)N1CCN(C(C)C(=O)N(C)Cc2ccccc2)CC1. The molecule has 24 heavy (non-hydrogen) atoms. The molecule has 0 saturated carbocycles. The van der Waals surface area contributed by atoms with E-state index >= 15 is 0 Å². The van der Waals surface area contributed by atoms with Crippen LogP contribution in [0.1, 0.15) is 19.4 Å². The number of amides is 2. The number of hydrogen-bond donors (Lipinski definition) is 0. The lowest BCUT2D eigenvalue weighted by molar-refractivity contribution is -0.136. The van der Waals surface area contributed by atoms with Crippen LogP contribution in [0.2, 0.25) is 0 Å². The quantitative estimate of drug-likeness (QED) is 0.825. The summed E-state index contributed by atoms with van der Waals surface area (Å²) in [5.74, 6) is 0.100.